The number of benzene rings is 1. The molecule has 1 heterocycles. The van der Waals surface area contributed by atoms with E-state index in [1.54, 1.807) is 24.5 Å². The quantitative estimate of drug-likeness (QED) is 0.673. The predicted octanol–water partition coefficient (Wildman–Crippen LogP) is 2.75. The number of carbonyl (C=O) groups is 1. The normalized spacial score (nSPS) is 11.8. The van der Waals surface area contributed by atoms with Gasteiger partial charge in [0.05, 0.1) is 17.1 Å². The number of hydrogen-bond donors (Lipinski definition) is 1. The minimum Gasteiger partial charge on any atom is -0.482 e. The van der Waals surface area contributed by atoms with Gasteiger partial charge in [0.15, 0.2) is 11.9 Å². The van der Waals surface area contributed by atoms with Crippen LogP contribution in [0.4, 0.5) is 5.69 Å². The first-order chi connectivity index (χ1) is 10.0. The Hall–Kier alpha value is -2.15. The second kappa shape index (κ2) is 6.53. The van der Waals surface area contributed by atoms with Crippen molar-refractivity contribution in [3.05, 3.63) is 46.5 Å². The number of halogens is 1. The summed E-state index contributed by atoms with van der Waals surface area (Å²) in [5, 5.41) is 0. The van der Waals surface area contributed by atoms with Gasteiger partial charge in [-0.3, -0.25) is 0 Å². The maximum absolute atomic E-state index is 11.7. The molecule has 0 spiro atoms. The van der Waals surface area contributed by atoms with Crippen LogP contribution in [0, 0.1) is 0 Å². The molecule has 110 valence electrons. The minimum absolute atomic E-state index is 0.247. The fourth-order valence-electron chi connectivity index (χ4n) is 1.71. The molecule has 1 atom stereocenters. The second-order valence-electron chi connectivity index (χ2n) is 4.23. The van der Waals surface area contributed by atoms with Crippen molar-refractivity contribution < 1.29 is 14.3 Å². The van der Waals surface area contributed by atoms with Crippen LogP contribution in [0.15, 0.2) is 35.1 Å². The molecular weight excluding hydrogens is 338 g/mol. The number of hydrogen-bond acceptors (Lipinski definition) is 6. The molecule has 0 saturated heterocycles. The third kappa shape index (κ3) is 3.49. The molecule has 2 rings (SSSR count). The van der Waals surface area contributed by atoms with Crippen molar-refractivity contribution >= 4 is 27.6 Å². The molecule has 0 fully saturated rings. The monoisotopic (exact) mass is 351 g/mol. The highest BCUT2D eigenvalue weighted by molar-refractivity contribution is 9.10. The van der Waals surface area contributed by atoms with E-state index in [9.17, 15) is 4.79 Å². The molecule has 1 aromatic carbocycles. The molecule has 0 amide bonds. The van der Waals surface area contributed by atoms with E-state index < -0.39 is 5.97 Å². The number of anilines is 1. The fraction of sp³-hybridized carbons (Fsp3) is 0.214. The van der Waals surface area contributed by atoms with Gasteiger partial charge in [0.2, 0.25) is 0 Å². The third-order valence-corrected chi connectivity index (χ3v) is 3.38. The third-order valence-electron chi connectivity index (χ3n) is 2.76. The first kappa shape index (κ1) is 15.2. The molecule has 0 aliphatic carbocycles. The van der Waals surface area contributed by atoms with Crippen LogP contribution >= 0.6 is 15.9 Å². The Kier molecular flexibility index (Phi) is 4.74. The highest BCUT2D eigenvalue weighted by atomic mass is 79.9. The van der Waals surface area contributed by atoms with Crippen molar-refractivity contribution in [3.63, 3.8) is 0 Å². The highest BCUT2D eigenvalue weighted by Crippen LogP contribution is 2.33. The highest BCUT2D eigenvalue weighted by Gasteiger charge is 2.17. The van der Waals surface area contributed by atoms with Crippen molar-refractivity contribution in [2.75, 3.05) is 12.8 Å². The number of esters is 1. The average Bonchev–Trinajstić information content (AvgIpc) is 2.50. The topological polar surface area (TPSA) is 87.3 Å². The van der Waals surface area contributed by atoms with E-state index in [-0.39, 0.29) is 11.7 Å². The fourth-order valence-corrected chi connectivity index (χ4v) is 2.16. The molecule has 0 radical (unpaired) electrons. The second-order valence-corrected chi connectivity index (χ2v) is 5.08. The molecule has 21 heavy (non-hydrogen) atoms. The summed E-state index contributed by atoms with van der Waals surface area (Å²) in [6, 6.07) is 4.86. The molecule has 0 unspecified atom stereocenters. The van der Waals surface area contributed by atoms with Crippen LogP contribution in [0.2, 0.25) is 0 Å². The molecule has 6 nitrogen and oxygen atoms in total. The number of nitrogen functional groups attached to an aromatic ring is 1. The van der Waals surface area contributed by atoms with E-state index in [1.807, 2.05) is 6.92 Å². The van der Waals surface area contributed by atoms with Gasteiger partial charge in [-0.15, -0.1) is 0 Å². The van der Waals surface area contributed by atoms with Gasteiger partial charge in [0, 0.05) is 18.1 Å². The molecule has 0 saturated carbocycles. The van der Waals surface area contributed by atoms with Crippen molar-refractivity contribution in [1.82, 2.24) is 9.97 Å². The van der Waals surface area contributed by atoms with Crippen molar-refractivity contribution in [1.29, 1.82) is 0 Å². The zero-order valence-corrected chi connectivity index (χ0v) is 13.1. The van der Waals surface area contributed by atoms with Crippen LogP contribution in [0.5, 0.6) is 5.75 Å². The number of carbonyl (C=O) groups excluding carboxylic acids is 1. The first-order valence-electron chi connectivity index (χ1n) is 6.13. The summed E-state index contributed by atoms with van der Waals surface area (Å²) in [6.07, 6.45) is 2.90. The van der Waals surface area contributed by atoms with Gasteiger partial charge in [0.1, 0.15) is 5.75 Å². The van der Waals surface area contributed by atoms with Gasteiger partial charge >= 0.3 is 5.97 Å². The maximum Gasteiger partial charge on any atom is 0.340 e. The van der Waals surface area contributed by atoms with Gasteiger partial charge < -0.3 is 15.2 Å². The van der Waals surface area contributed by atoms with Crippen LogP contribution in [0.1, 0.15) is 29.2 Å². The molecule has 2 N–H and O–H groups in total. The maximum atomic E-state index is 11.7. The summed E-state index contributed by atoms with van der Waals surface area (Å²) in [4.78, 5) is 19.9. The number of nitrogens with two attached hydrogens (primary N) is 1. The van der Waals surface area contributed by atoms with Crippen LogP contribution in [0.3, 0.4) is 0 Å². The smallest absolute Gasteiger partial charge is 0.340 e. The number of ether oxygens (including phenoxy) is 2. The number of rotatable bonds is 4. The summed E-state index contributed by atoms with van der Waals surface area (Å²) in [6.45, 7) is 1.82. The van der Waals surface area contributed by atoms with Gasteiger partial charge in [-0.1, -0.05) is 0 Å². The van der Waals surface area contributed by atoms with Gasteiger partial charge in [-0.05, 0) is 41.1 Å². The number of aromatic nitrogens is 2. The lowest BCUT2D eigenvalue weighted by atomic mass is 10.1. The molecular formula is C14H14BrN3O3. The lowest BCUT2D eigenvalue weighted by molar-refractivity contribution is 0.0601. The van der Waals surface area contributed by atoms with E-state index in [0.29, 0.717) is 21.7 Å². The SMILES string of the molecule is COC(=O)c1cc(O[C@@H](C)c2ncccn2)c(Br)cc1N. The van der Waals surface area contributed by atoms with Crippen LogP contribution < -0.4 is 10.5 Å². The first-order valence-corrected chi connectivity index (χ1v) is 6.93. The minimum atomic E-state index is -0.520. The Morgan fingerprint density at radius 3 is 2.62 bits per heavy atom. The van der Waals surface area contributed by atoms with Crippen molar-refractivity contribution in [2.24, 2.45) is 0 Å². The molecule has 0 aliphatic rings. The van der Waals surface area contributed by atoms with E-state index in [2.05, 4.69) is 30.6 Å². The molecule has 0 aliphatic heterocycles. The van der Waals surface area contributed by atoms with Gasteiger partial charge in [-0.25, -0.2) is 14.8 Å². The molecule has 2 aromatic rings. The van der Waals surface area contributed by atoms with E-state index in [0.717, 1.165) is 0 Å². The zero-order chi connectivity index (χ0) is 15.4. The van der Waals surface area contributed by atoms with Crippen LogP contribution in [-0.4, -0.2) is 23.0 Å². The molecule has 0 bridgehead atoms. The number of nitrogens with zero attached hydrogens (tertiary/aromatic N) is 2. The largest absolute Gasteiger partial charge is 0.482 e. The summed E-state index contributed by atoms with van der Waals surface area (Å²) < 4.78 is 11.1. The zero-order valence-electron chi connectivity index (χ0n) is 11.5. The van der Waals surface area contributed by atoms with E-state index >= 15 is 0 Å². The van der Waals surface area contributed by atoms with Crippen LogP contribution in [0.25, 0.3) is 0 Å². The summed E-state index contributed by atoms with van der Waals surface area (Å²) in [5.74, 6) is 0.485. The Morgan fingerprint density at radius 2 is 2.00 bits per heavy atom. The Balaban J connectivity index is 2.29. The standard InChI is InChI=1S/C14H14BrN3O3/c1-8(13-17-4-3-5-18-13)21-12-6-9(14(19)20-2)11(16)7-10(12)15/h3-8H,16H2,1-2H3/t8-/m0/s1. The Labute approximate surface area is 130 Å². The van der Waals surface area contributed by atoms with Gasteiger partial charge in [-0.2, -0.15) is 0 Å². The summed E-state index contributed by atoms with van der Waals surface area (Å²) in [5.41, 5.74) is 6.35. The number of methoxy groups -OCH3 is 1. The van der Waals surface area contributed by atoms with Gasteiger partial charge in [0.25, 0.3) is 0 Å². The lowest BCUT2D eigenvalue weighted by Gasteiger charge is -2.16. The lowest BCUT2D eigenvalue weighted by Crippen LogP contribution is -2.10. The summed E-state index contributed by atoms with van der Waals surface area (Å²) >= 11 is 3.36. The Bertz CT molecular complexity index is 649. The predicted molar refractivity (Wildman–Crippen MR) is 81.0 cm³/mol. The van der Waals surface area contributed by atoms with Crippen molar-refractivity contribution in [2.45, 2.75) is 13.0 Å². The van der Waals surface area contributed by atoms with E-state index in [1.165, 1.54) is 13.2 Å². The van der Waals surface area contributed by atoms with Crippen molar-refractivity contribution in [3.8, 4) is 5.75 Å². The molecule has 1 aromatic heterocycles. The summed E-state index contributed by atoms with van der Waals surface area (Å²) in [7, 11) is 1.30. The van der Waals surface area contributed by atoms with E-state index in [4.69, 9.17) is 10.5 Å². The average molecular weight is 352 g/mol. The molecule has 7 heteroatoms. The van der Waals surface area contributed by atoms with Crippen LogP contribution in [-0.2, 0) is 4.74 Å². The Morgan fingerprint density at radius 1 is 1.33 bits per heavy atom.